The number of fused-ring (bicyclic) bond motifs is 1. The lowest BCUT2D eigenvalue weighted by molar-refractivity contribution is -0.143. The summed E-state index contributed by atoms with van der Waals surface area (Å²) >= 11 is 1.33. The lowest BCUT2D eigenvalue weighted by atomic mass is 10.1. The van der Waals surface area contributed by atoms with Crippen LogP contribution in [0, 0.1) is 13.8 Å². The standard InChI is InChI=1S/C21H22N2O5S2/c1-5-28-17(24)12-23-18-13(2)6-7-14(3)19(18)29-21(23)22-20(25)15-8-10-16(11-9-15)30(4,26)27/h6-11H,5,12H2,1-4H3. The third-order valence-corrected chi connectivity index (χ3v) is 6.89. The Bertz CT molecular complexity index is 1300. The van der Waals surface area contributed by atoms with E-state index in [0.29, 0.717) is 4.80 Å². The Labute approximate surface area is 178 Å². The van der Waals surface area contributed by atoms with Gasteiger partial charge >= 0.3 is 5.97 Å². The summed E-state index contributed by atoms with van der Waals surface area (Å²) in [6.07, 6.45) is 1.11. The van der Waals surface area contributed by atoms with E-state index in [9.17, 15) is 18.0 Å². The number of benzene rings is 2. The second-order valence-electron chi connectivity index (χ2n) is 6.87. The van der Waals surface area contributed by atoms with Crippen LogP contribution in [0.25, 0.3) is 10.2 Å². The summed E-state index contributed by atoms with van der Waals surface area (Å²) in [7, 11) is -3.35. The highest BCUT2D eigenvalue weighted by molar-refractivity contribution is 7.90. The number of carbonyl (C=O) groups excluding carboxylic acids is 2. The minimum atomic E-state index is -3.35. The molecule has 158 valence electrons. The first-order valence-corrected chi connectivity index (χ1v) is 12.0. The summed E-state index contributed by atoms with van der Waals surface area (Å²) in [5, 5.41) is 0. The van der Waals surface area contributed by atoms with Crippen LogP contribution < -0.4 is 4.80 Å². The quantitative estimate of drug-likeness (QED) is 0.562. The second-order valence-corrected chi connectivity index (χ2v) is 9.86. The number of sulfone groups is 1. The number of thiazole rings is 1. The molecule has 0 radical (unpaired) electrons. The van der Waals surface area contributed by atoms with E-state index in [4.69, 9.17) is 4.74 Å². The SMILES string of the molecule is CCOC(=O)Cn1c(=NC(=O)c2ccc(S(C)(=O)=O)cc2)sc2c(C)ccc(C)c21. The van der Waals surface area contributed by atoms with Gasteiger partial charge in [0.1, 0.15) is 6.54 Å². The number of aryl methyl sites for hydroxylation is 2. The maximum atomic E-state index is 12.7. The summed E-state index contributed by atoms with van der Waals surface area (Å²) in [6.45, 7) is 5.83. The van der Waals surface area contributed by atoms with E-state index in [1.54, 1.807) is 11.5 Å². The first-order chi connectivity index (χ1) is 14.1. The van der Waals surface area contributed by atoms with Gasteiger partial charge in [-0.25, -0.2) is 8.42 Å². The molecular formula is C21H22N2O5S2. The number of esters is 1. The van der Waals surface area contributed by atoms with E-state index in [0.717, 1.165) is 27.6 Å². The summed E-state index contributed by atoms with van der Waals surface area (Å²) in [5.41, 5.74) is 3.08. The van der Waals surface area contributed by atoms with Crippen molar-refractivity contribution in [3.63, 3.8) is 0 Å². The molecular weight excluding hydrogens is 424 g/mol. The van der Waals surface area contributed by atoms with Crippen molar-refractivity contribution in [1.29, 1.82) is 0 Å². The average molecular weight is 447 g/mol. The van der Waals surface area contributed by atoms with E-state index in [-0.39, 0.29) is 23.6 Å². The lowest BCUT2D eigenvalue weighted by Gasteiger charge is -2.07. The van der Waals surface area contributed by atoms with Gasteiger partial charge in [-0.15, -0.1) is 0 Å². The Hall–Kier alpha value is -2.78. The minimum Gasteiger partial charge on any atom is -0.465 e. The number of aromatic nitrogens is 1. The van der Waals surface area contributed by atoms with E-state index >= 15 is 0 Å². The van der Waals surface area contributed by atoms with Crippen LogP contribution in [0.15, 0.2) is 46.3 Å². The van der Waals surface area contributed by atoms with Crippen molar-refractivity contribution in [2.24, 2.45) is 4.99 Å². The third-order valence-electron chi connectivity index (χ3n) is 4.54. The van der Waals surface area contributed by atoms with E-state index < -0.39 is 21.7 Å². The zero-order valence-electron chi connectivity index (χ0n) is 17.1. The van der Waals surface area contributed by atoms with Gasteiger partial charge in [0.25, 0.3) is 5.91 Å². The minimum absolute atomic E-state index is 0.0583. The molecule has 9 heteroatoms. The summed E-state index contributed by atoms with van der Waals surface area (Å²) < 4.78 is 31.0. The highest BCUT2D eigenvalue weighted by Gasteiger charge is 2.16. The smallest absolute Gasteiger partial charge is 0.326 e. The van der Waals surface area contributed by atoms with Crippen molar-refractivity contribution in [2.75, 3.05) is 12.9 Å². The first kappa shape index (κ1) is 21.9. The van der Waals surface area contributed by atoms with Crippen LogP contribution in [-0.2, 0) is 25.9 Å². The summed E-state index contributed by atoms with van der Waals surface area (Å²) in [5.74, 6) is -0.931. The number of carbonyl (C=O) groups is 2. The number of hydrogen-bond donors (Lipinski definition) is 0. The van der Waals surface area contributed by atoms with E-state index in [2.05, 4.69) is 4.99 Å². The molecule has 0 N–H and O–H groups in total. The monoisotopic (exact) mass is 446 g/mol. The van der Waals surface area contributed by atoms with Crippen molar-refractivity contribution >= 4 is 43.3 Å². The number of nitrogens with zero attached hydrogens (tertiary/aromatic N) is 2. The average Bonchev–Trinajstić information content (AvgIpc) is 3.03. The van der Waals surface area contributed by atoms with Crippen molar-refractivity contribution in [3.8, 4) is 0 Å². The molecule has 3 aromatic rings. The van der Waals surface area contributed by atoms with Crippen LogP contribution in [0.1, 0.15) is 28.4 Å². The van der Waals surface area contributed by atoms with E-state index in [1.165, 1.54) is 35.6 Å². The maximum Gasteiger partial charge on any atom is 0.326 e. The van der Waals surface area contributed by atoms with Gasteiger partial charge < -0.3 is 9.30 Å². The van der Waals surface area contributed by atoms with Gasteiger partial charge in [-0.3, -0.25) is 9.59 Å². The van der Waals surface area contributed by atoms with Crippen molar-refractivity contribution < 1.29 is 22.7 Å². The highest BCUT2D eigenvalue weighted by atomic mass is 32.2. The Morgan fingerprint density at radius 2 is 1.70 bits per heavy atom. The predicted molar refractivity (Wildman–Crippen MR) is 115 cm³/mol. The normalized spacial score (nSPS) is 12.3. The molecule has 0 aliphatic heterocycles. The molecule has 1 amide bonds. The number of ether oxygens (including phenoxy) is 1. The third kappa shape index (κ3) is 4.52. The van der Waals surface area contributed by atoms with Gasteiger partial charge in [-0.05, 0) is 56.2 Å². The highest BCUT2D eigenvalue weighted by Crippen LogP contribution is 2.25. The van der Waals surface area contributed by atoms with Gasteiger partial charge in [0, 0.05) is 11.8 Å². The summed E-state index contributed by atoms with van der Waals surface area (Å²) in [6, 6.07) is 9.57. The maximum absolute atomic E-state index is 12.7. The van der Waals surface area contributed by atoms with Crippen molar-refractivity contribution in [2.45, 2.75) is 32.2 Å². The van der Waals surface area contributed by atoms with Crippen molar-refractivity contribution in [1.82, 2.24) is 4.57 Å². The number of hydrogen-bond acceptors (Lipinski definition) is 6. The predicted octanol–water partition coefficient (Wildman–Crippen LogP) is 3.03. The molecule has 0 saturated carbocycles. The largest absolute Gasteiger partial charge is 0.465 e. The molecule has 0 atom stereocenters. The fourth-order valence-electron chi connectivity index (χ4n) is 3.04. The molecule has 0 bridgehead atoms. The summed E-state index contributed by atoms with van der Waals surface area (Å²) in [4.78, 5) is 29.7. The molecule has 0 aliphatic carbocycles. The lowest BCUT2D eigenvalue weighted by Crippen LogP contribution is -2.23. The van der Waals surface area contributed by atoms with Gasteiger partial charge in [0.2, 0.25) is 0 Å². The van der Waals surface area contributed by atoms with Gasteiger partial charge in [-0.2, -0.15) is 4.99 Å². The molecule has 3 rings (SSSR count). The molecule has 0 fully saturated rings. The first-order valence-electron chi connectivity index (χ1n) is 9.26. The molecule has 0 spiro atoms. The fraction of sp³-hybridized carbons (Fsp3) is 0.286. The van der Waals surface area contributed by atoms with Crippen LogP contribution in [-0.4, -0.2) is 37.7 Å². The Balaban J connectivity index is 2.13. The molecule has 0 unspecified atom stereocenters. The Morgan fingerprint density at radius 3 is 2.30 bits per heavy atom. The van der Waals surface area contributed by atoms with Crippen LogP contribution in [0.3, 0.4) is 0 Å². The van der Waals surface area contributed by atoms with Gasteiger partial charge in [-0.1, -0.05) is 23.5 Å². The zero-order valence-corrected chi connectivity index (χ0v) is 18.8. The number of rotatable bonds is 5. The van der Waals surface area contributed by atoms with Gasteiger partial charge in [0.15, 0.2) is 14.6 Å². The van der Waals surface area contributed by atoms with Crippen LogP contribution >= 0.6 is 11.3 Å². The van der Waals surface area contributed by atoms with Crippen molar-refractivity contribution in [3.05, 3.63) is 57.9 Å². The molecule has 2 aromatic carbocycles. The fourth-order valence-corrected chi connectivity index (χ4v) is 4.84. The second kappa shape index (κ2) is 8.53. The van der Waals surface area contributed by atoms with Crippen LogP contribution in [0.5, 0.6) is 0 Å². The van der Waals surface area contributed by atoms with Crippen LogP contribution in [0.2, 0.25) is 0 Å². The topological polar surface area (TPSA) is 94.8 Å². The Kier molecular flexibility index (Phi) is 6.23. The molecule has 1 aromatic heterocycles. The van der Waals surface area contributed by atoms with Gasteiger partial charge in [0.05, 0.1) is 21.7 Å². The molecule has 7 nitrogen and oxygen atoms in total. The zero-order chi connectivity index (χ0) is 22.1. The molecule has 0 aliphatic rings. The van der Waals surface area contributed by atoms with E-state index in [1.807, 2.05) is 26.0 Å². The number of amides is 1. The molecule has 0 saturated heterocycles. The van der Waals surface area contributed by atoms with Crippen LogP contribution in [0.4, 0.5) is 0 Å². The Morgan fingerprint density at radius 1 is 1.07 bits per heavy atom. The molecule has 30 heavy (non-hydrogen) atoms. The molecule has 1 heterocycles.